The Morgan fingerprint density at radius 1 is 1.10 bits per heavy atom. The van der Waals surface area contributed by atoms with Gasteiger partial charge in [-0.05, 0) is 68.5 Å². The average molecular weight is 414 g/mol. The van der Waals surface area contributed by atoms with Crippen LogP contribution in [0.2, 0.25) is 0 Å². The van der Waals surface area contributed by atoms with Crippen molar-refractivity contribution in [3.63, 3.8) is 0 Å². The zero-order chi connectivity index (χ0) is 21.3. The van der Waals surface area contributed by atoms with Crippen molar-refractivity contribution in [1.29, 1.82) is 0 Å². The van der Waals surface area contributed by atoms with Gasteiger partial charge in [-0.25, -0.2) is 13.1 Å². The first kappa shape index (κ1) is 21.1. The van der Waals surface area contributed by atoms with E-state index in [4.69, 9.17) is 0 Å². The number of aromatic amines is 1. The van der Waals surface area contributed by atoms with E-state index >= 15 is 0 Å². The lowest BCUT2D eigenvalue weighted by Crippen LogP contribution is -2.34. The van der Waals surface area contributed by atoms with Crippen molar-refractivity contribution in [3.05, 3.63) is 58.8 Å². The number of para-hydroxylation sites is 1. The summed E-state index contributed by atoms with van der Waals surface area (Å²) >= 11 is 0. The van der Waals surface area contributed by atoms with Gasteiger partial charge in [0.05, 0.1) is 4.90 Å². The van der Waals surface area contributed by atoms with Crippen LogP contribution in [0.5, 0.6) is 0 Å². The molecule has 0 spiro atoms. The number of anilines is 1. The molecule has 0 aliphatic carbocycles. The third kappa shape index (κ3) is 4.52. The smallest absolute Gasteiger partial charge is 0.241 e. The highest BCUT2D eigenvalue weighted by Crippen LogP contribution is 2.25. The Hall–Kier alpha value is -2.64. The highest BCUT2D eigenvalue weighted by Gasteiger charge is 2.22. The van der Waals surface area contributed by atoms with Gasteiger partial charge in [0.15, 0.2) is 0 Å². The molecule has 29 heavy (non-hydrogen) atoms. The number of rotatable bonds is 6. The van der Waals surface area contributed by atoms with Crippen LogP contribution in [0.15, 0.2) is 41.4 Å². The number of aromatic nitrogens is 1. The Balaban J connectivity index is 1.82. The van der Waals surface area contributed by atoms with E-state index in [0.717, 1.165) is 22.0 Å². The van der Waals surface area contributed by atoms with Crippen molar-refractivity contribution in [2.24, 2.45) is 0 Å². The number of aryl methyl sites for hydroxylation is 3. The van der Waals surface area contributed by atoms with Gasteiger partial charge in [-0.3, -0.25) is 4.79 Å². The van der Waals surface area contributed by atoms with Crippen molar-refractivity contribution in [2.75, 3.05) is 5.32 Å². The summed E-state index contributed by atoms with van der Waals surface area (Å²) < 4.78 is 28.8. The minimum absolute atomic E-state index is 0.191. The van der Waals surface area contributed by atoms with Gasteiger partial charge in [0, 0.05) is 35.8 Å². The van der Waals surface area contributed by atoms with Gasteiger partial charge < -0.3 is 10.3 Å². The van der Waals surface area contributed by atoms with E-state index in [9.17, 15) is 13.2 Å². The molecule has 0 radical (unpaired) electrons. The molecule has 1 amide bonds. The number of H-pyrrole nitrogens is 1. The van der Waals surface area contributed by atoms with Crippen LogP contribution >= 0.6 is 0 Å². The number of amides is 1. The second-order valence-corrected chi connectivity index (χ2v) is 9.33. The van der Waals surface area contributed by atoms with Crippen LogP contribution in [-0.2, 0) is 21.2 Å². The lowest BCUT2D eigenvalue weighted by Gasteiger charge is -2.17. The average Bonchev–Trinajstić information content (AvgIpc) is 3.01. The number of carbonyl (C=O) groups is 1. The quantitative estimate of drug-likeness (QED) is 0.571. The maximum Gasteiger partial charge on any atom is 0.241 e. The molecule has 1 atom stereocenters. The molecule has 1 unspecified atom stereocenters. The molecule has 1 aromatic heterocycles. The number of fused-ring (bicyclic) bond motifs is 1. The summed E-state index contributed by atoms with van der Waals surface area (Å²) in [5, 5.41) is 3.84. The summed E-state index contributed by atoms with van der Waals surface area (Å²) in [7, 11) is -3.70. The Morgan fingerprint density at radius 2 is 1.83 bits per heavy atom. The number of hydrogen-bond acceptors (Lipinski definition) is 3. The number of benzene rings is 2. The highest BCUT2D eigenvalue weighted by molar-refractivity contribution is 7.89. The van der Waals surface area contributed by atoms with Crippen LogP contribution in [0.25, 0.3) is 10.9 Å². The molecule has 0 aliphatic rings. The van der Waals surface area contributed by atoms with Crippen LogP contribution in [0.3, 0.4) is 0 Å². The van der Waals surface area contributed by atoms with Gasteiger partial charge in [-0.1, -0.05) is 18.2 Å². The Kier molecular flexibility index (Phi) is 5.82. The first-order valence-corrected chi connectivity index (χ1v) is 11.0. The Morgan fingerprint density at radius 3 is 2.52 bits per heavy atom. The van der Waals surface area contributed by atoms with Crippen molar-refractivity contribution in [3.8, 4) is 0 Å². The molecule has 1 heterocycles. The van der Waals surface area contributed by atoms with Crippen molar-refractivity contribution >= 4 is 32.5 Å². The molecule has 154 valence electrons. The molecular formula is C22H27N3O3S. The fourth-order valence-corrected chi connectivity index (χ4v) is 5.19. The van der Waals surface area contributed by atoms with E-state index in [1.54, 1.807) is 26.0 Å². The minimum atomic E-state index is -3.70. The maximum atomic E-state index is 13.0. The molecule has 6 nitrogen and oxygen atoms in total. The molecule has 3 aromatic rings. The summed E-state index contributed by atoms with van der Waals surface area (Å²) in [6.07, 6.45) is 2.52. The van der Waals surface area contributed by atoms with Gasteiger partial charge >= 0.3 is 0 Å². The van der Waals surface area contributed by atoms with E-state index in [1.165, 1.54) is 6.92 Å². The van der Waals surface area contributed by atoms with Gasteiger partial charge in [0.25, 0.3) is 0 Å². The van der Waals surface area contributed by atoms with E-state index < -0.39 is 10.0 Å². The molecule has 0 fully saturated rings. The number of sulfonamides is 1. The van der Waals surface area contributed by atoms with Crippen molar-refractivity contribution in [1.82, 2.24) is 9.71 Å². The standard InChI is InChI=1S/C22H27N3O3S/c1-13-7-6-8-19-18(12-23-22(13)19)11-16(4)25-29(27,28)21-10-14(2)20(9-15(21)3)24-17(5)26/h6-10,12,16,23,25H,11H2,1-5H3,(H,24,26). The molecule has 0 saturated heterocycles. The summed E-state index contributed by atoms with van der Waals surface area (Å²) in [5.74, 6) is -0.191. The van der Waals surface area contributed by atoms with Gasteiger partial charge in [-0.2, -0.15) is 0 Å². The van der Waals surface area contributed by atoms with Crippen LogP contribution in [0.4, 0.5) is 5.69 Å². The monoisotopic (exact) mass is 413 g/mol. The van der Waals surface area contributed by atoms with Gasteiger partial charge in [0.1, 0.15) is 0 Å². The van der Waals surface area contributed by atoms with Crippen LogP contribution in [-0.4, -0.2) is 25.4 Å². The van der Waals surface area contributed by atoms with E-state index in [2.05, 4.69) is 15.0 Å². The lowest BCUT2D eigenvalue weighted by molar-refractivity contribution is -0.114. The summed E-state index contributed by atoms with van der Waals surface area (Å²) in [6.45, 7) is 8.84. The highest BCUT2D eigenvalue weighted by atomic mass is 32.2. The third-order valence-corrected chi connectivity index (χ3v) is 6.75. The molecule has 0 bridgehead atoms. The van der Waals surface area contributed by atoms with E-state index in [-0.39, 0.29) is 16.8 Å². The first-order chi connectivity index (χ1) is 13.6. The zero-order valence-corrected chi connectivity index (χ0v) is 18.2. The first-order valence-electron chi connectivity index (χ1n) is 9.55. The van der Waals surface area contributed by atoms with Crippen LogP contribution in [0, 0.1) is 20.8 Å². The number of carbonyl (C=O) groups excluding carboxylic acids is 1. The Labute approximate surface area is 171 Å². The number of hydrogen-bond donors (Lipinski definition) is 3. The fraction of sp³-hybridized carbons (Fsp3) is 0.318. The maximum absolute atomic E-state index is 13.0. The van der Waals surface area contributed by atoms with Crippen molar-refractivity contribution in [2.45, 2.75) is 52.0 Å². The largest absolute Gasteiger partial charge is 0.361 e. The molecule has 3 N–H and O–H groups in total. The third-order valence-electron chi connectivity index (χ3n) is 5.01. The molecule has 0 saturated carbocycles. The number of nitrogens with one attached hydrogen (secondary N) is 3. The molecular weight excluding hydrogens is 386 g/mol. The topological polar surface area (TPSA) is 91.1 Å². The molecule has 3 rings (SSSR count). The summed E-state index contributed by atoms with van der Waals surface area (Å²) in [6, 6.07) is 9.11. The van der Waals surface area contributed by atoms with Crippen LogP contribution in [0.1, 0.15) is 36.1 Å². The fourth-order valence-electron chi connectivity index (χ4n) is 3.64. The normalized spacial score (nSPS) is 12.9. The van der Waals surface area contributed by atoms with Gasteiger partial charge in [-0.15, -0.1) is 0 Å². The lowest BCUT2D eigenvalue weighted by atomic mass is 10.1. The van der Waals surface area contributed by atoms with Crippen molar-refractivity contribution < 1.29 is 13.2 Å². The predicted molar refractivity (Wildman–Crippen MR) is 117 cm³/mol. The van der Waals surface area contributed by atoms with E-state index in [1.807, 2.05) is 38.2 Å². The summed E-state index contributed by atoms with van der Waals surface area (Å²) in [5.41, 5.74) is 5.22. The van der Waals surface area contributed by atoms with Crippen LogP contribution < -0.4 is 10.0 Å². The zero-order valence-electron chi connectivity index (χ0n) is 17.4. The van der Waals surface area contributed by atoms with Gasteiger partial charge in [0.2, 0.25) is 15.9 Å². The summed E-state index contributed by atoms with van der Waals surface area (Å²) in [4.78, 5) is 14.8. The predicted octanol–water partition coefficient (Wildman–Crippen LogP) is 3.96. The SMILES string of the molecule is CC(=O)Nc1cc(C)c(S(=O)(=O)NC(C)Cc2c[nH]c3c(C)cccc23)cc1C. The minimum Gasteiger partial charge on any atom is -0.361 e. The molecule has 0 aliphatic heterocycles. The Bertz CT molecular complexity index is 1180. The van der Waals surface area contributed by atoms with E-state index in [0.29, 0.717) is 23.2 Å². The molecule has 2 aromatic carbocycles. The molecule has 7 heteroatoms. The second kappa shape index (κ2) is 8.00. The second-order valence-electron chi connectivity index (χ2n) is 7.65.